The summed E-state index contributed by atoms with van der Waals surface area (Å²) in [6.07, 6.45) is -0.205. The average Bonchev–Trinajstić information content (AvgIpc) is 3.09. The number of hydrogen-bond acceptors (Lipinski definition) is 3. The topological polar surface area (TPSA) is 41.8 Å². The van der Waals surface area contributed by atoms with Gasteiger partial charge in [0.2, 0.25) is 5.90 Å². The third kappa shape index (κ3) is 2.65. The summed E-state index contributed by atoms with van der Waals surface area (Å²) in [7, 11) is 0. The van der Waals surface area contributed by atoms with Crippen molar-refractivity contribution in [2.24, 2.45) is 4.99 Å². The fraction of sp³-hybridized carbons (Fsp3) is 0.0952. The SMILES string of the molecule is Oc1ccccc1C1=NC(c2ccccc2)C(c2ccccc2)O1. The number of ether oxygens (including phenoxy) is 1. The molecular weight excluding hydrogens is 298 g/mol. The van der Waals surface area contributed by atoms with Gasteiger partial charge in [0.05, 0.1) is 5.56 Å². The molecule has 118 valence electrons. The molecule has 1 heterocycles. The van der Waals surface area contributed by atoms with Gasteiger partial charge in [0.15, 0.2) is 6.10 Å². The Bertz CT molecular complexity index is 859. The van der Waals surface area contributed by atoms with Crippen LogP contribution in [-0.4, -0.2) is 11.0 Å². The number of nitrogens with zero attached hydrogens (tertiary/aromatic N) is 1. The molecule has 3 aromatic carbocycles. The van der Waals surface area contributed by atoms with E-state index in [1.807, 2.05) is 60.7 Å². The molecule has 0 saturated carbocycles. The van der Waals surface area contributed by atoms with Gasteiger partial charge in [-0.1, -0.05) is 72.8 Å². The van der Waals surface area contributed by atoms with Gasteiger partial charge >= 0.3 is 0 Å². The van der Waals surface area contributed by atoms with E-state index in [4.69, 9.17) is 9.73 Å². The zero-order chi connectivity index (χ0) is 16.4. The van der Waals surface area contributed by atoms with Crippen molar-refractivity contribution >= 4 is 5.90 Å². The van der Waals surface area contributed by atoms with Gasteiger partial charge in [0, 0.05) is 0 Å². The van der Waals surface area contributed by atoms with Gasteiger partial charge in [-0.25, -0.2) is 4.99 Å². The van der Waals surface area contributed by atoms with Crippen LogP contribution in [-0.2, 0) is 4.74 Å². The molecule has 1 aliphatic rings. The van der Waals surface area contributed by atoms with Crippen molar-refractivity contribution in [3.63, 3.8) is 0 Å². The average molecular weight is 315 g/mol. The maximum atomic E-state index is 10.1. The number of aliphatic imine (C=N–C) groups is 1. The molecule has 24 heavy (non-hydrogen) atoms. The summed E-state index contributed by atoms with van der Waals surface area (Å²) in [5.41, 5.74) is 2.79. The predicted octanol–water partition coefficient (Wildman–Crippen LogP) is 4.65. The van der Waals surface area contributed by atoms with Crippen molar-refractivity contribution < 1.29 is 9.84 Å². The number of phenolic OH excluding ortho intramolecular Hbond substituents is 1. The van der Waals surface area contributed by atoms with Gasteiger partial charge in [0.25, 0.3) is 0 Å². The maximum absolute atomic E-state index is 10.1. The molecule has 3 nitrogen and oxygen atoms in total. The summed E-state index contributed by atoms with van der Waals surface area (Å²) in [6, 6.07) is 27.2. The molecule has 0 saturated heterocycles. The van der Waals surface area contributed by atoms with E-state index in [0.717, 1.165) is 11.1 Å². The van der Waals surface area contributed by atoms with Crippen LogP contribution in [0.25, 0.3) is 0 Å². The van der Waals surface area contributed by atoms with Crippen LogP contribution in [0.3, 0.4) is 0 Å². The van der Waals surface area contributed by atoms with Crippen LogP contribution in [0.1, 0.15) is 28.8 Å². The van der Waals surface area contributed by atoms with E-state index in [9.17, 15) is 5.11 Å². The Hall–Kier alpha value is -3.07. The summed E-state index contributed by atoms with van der Waals surface area (Å²) in [6.45, 7) is 0. The Kier molecular flexibility index (Phi) is 3.75. The van der Waals surface area contributed by atoms with Crippen LogP contribution in [0.4, 0.5) is 0 Å². The molecule has 0 fully saturated rings. The van der Waals surface area contributed by atoms with Gasteiger partial charge in [-0.05, 0) is 23.3 Å². The standard InChI is InChI=1S/C21H17NO2/c23-18-14-8-7-13-17(18)21-22-19(15-9-3-1-4-10-15)20(24-21)16-11-5-2-6-12-16/h1-14,19-20,23H. The van der Waals surface area contributed by atoms with Crippen LogP contribution >= 0.6 is 0 Å². The van der Waals surface area contributed by atoms with Crippen molar-refractivity contribution in [2.45, 2.75) is 12.1 Å². The molecule has 0 bridgehead atoms. The number of phenols is 1. The highest BCUT2D eigenvalue weighted by Crippen LogP contribution is 2.41. The lowest BCUT2D eigenvalue weighted by Crippen LogP contribution is -2.09. The molecule has 3 aromatic rings. The lowest BCUT2D eigenvalue weighted by Gasteiger charge is -2.18. The summed E-state index contributed by atoms with van der Waals surface area (Å²) in [5.74, 6) is 0.660. The van der Waals surface area contributed by atoms with Crippen LogP contribution in [0.5, 0.6) is 5.75 Å². The van der Waals surface area contributed by atoms with Crippen molar-refractivity contribution in [1.82, 2.24) is 0 Å². The Morgan fingerprint density at radius 1 is 0.708 bits per heavy atom. The minimum Gasteiger partial charge on any atom is -0.507 e. The second-order valence-corrected chi connectivity index (χ2v) is 5.76. The Morgan fingerprint density at radius 3 is 1.96 bits per heavy atom. The molecular formula is C21H17NO2. The van der Waals surface area contributed by atoms with Gasteiger partial charge in [-0.15, -0.1) is 0 Å². The Morgan fingerprint density at radius 2 is 1.29 bits per heavy atom. The number of rotatable bonds is 3. The number of benzene rings is 3. The highest BCUT2D eigenvalue weighted by atomic mass is 16.5. The van der Waals surface area contributed by atoms with Crippen molar-refractivity contribution in [1.29, 1.82) is 0 Å². The first kappa shape index (κ1) is 14.5. The molecule has 2 atom stereocenters. The molecule has 0 radical (unpaired) electrons. The van der Waals surface area contributed by atoms with Gasteiger partial charge in [-0.3, -0.25) is 0 Å². The third-order valence-corrected chi connectivity index (χ3v) is 4.19. The number of para-hydroxylation sites is 1. The van der Waals surface area contributed by atoms with E-state index < -0.39 is 0 Å². The summed E-state index contributed by atoms with van der Waals surface area (Å²) in [4.78, 5) is 4.78. The molecule has 2 unspecified atom stereocenters. The van der Waals surface area contributed by atoms with Gasteiger partial charge in [0.1, 0.15) is 11.8 Å². The quantitative estimate of drug-likeness (QED) is 0.764. The molecule has 1 aliphatic heterocycles. The van der Waals surface area contributed by atoms with E-state index in [0.29, 0.717) is 11.5 Å². The van der Waals surface area contributed by atoms with Crippen LogP contribution in [0, 0.1) is 0 Å². The maximum Gasteiger partial charge on any atom is 0.221 e. The molecule has 0 aliphatic carbocycles. The summed E-state index contributed by atoms with van der Waals surface area (Å²) >= 11 is 0. The Labute approximate surface area is 140 Å². The molecule has 3 heteroatoms. The largest absolute Gasteiger partial charge is 0.507 e. The highest BCUT2D eigenvalue weighted by Gasteiger charge is 2.34. The van der Waals surface area contributed by atoms with Crippen molar-refractivity contribution in [2.75, 3.05) is 0 Å². The first-order valence-electron chi connectivity index (χ1n) is 7.95. The Balaban J connectivity index is 1.77. The van der Waals surface area contributed by atoms with E-state index >= 15 is 0 Å². The van der Waals surface area contributed by atoms with Crippen LogP contribution < -0.4 is 0 Å². The third-order valence-electron chi connectivity index (χ3n) is 4.19. The predicted molar refractivity (Wildman–Crippen MR) is 94.1 cm³/mol. The minimum absolute atomic E-state index is 0.136. The van der Waals surface area contributed by atoms with Crippen LogP contribution in [0.15, 0.2) is 89.9 Å². The highest BCUT2D eigenvalue weighted by molar-refractivity contribution is 5.98. The number of aromatic hydroxyl groups is 1. The van der Waals surface area contributed by atoms with Crippen molar-refractivity contribution in [3.05, 3.63) is 102 Å². The monoisotopic (exact) mass is 315 g/mol. The van der Waals surface area contributed by atoms with Gasteiger partial charge in [-0.2, -0.15) is 0 Å². The van der Waals surface area contributed by atoms with Gasteiger partial charge < -0.3 is 9.84 Å². The van der Waals surface area contributed by atoms with E-state index in [-0.39, 0.29) is 17.9 Å². The van der Waals surface area contributed by atoms with E-state index in [1.165, 1.54) is 0 Å². The van der Waals surface area contributed by atoms with Crippen LogP contribution in [0.2, 0.25) is 0 Å². The molecule has 0 aromatic heterocycles. The first-order chi connectivity index (χ1) is 11.8. The zero-order valence-electron chi connectivity index (χ0n) is 13.0. The normalized spacial score (nSPS) is 19.6. The first-order valence-corrected chi connectivity index (χ1v) is 7.95. The molecule has 0 spiro atoms. The molecule has 0 amide bonds. The minimum atomic E-state index is -0.205. The zero-order valence-corrected chi connectivity index (χ0v) is 13.0. The summed E-state index contributed by atoms with van der Waals surface area (Å²) in [5, 5.41) is 10.1. The van der Waals surface area contributed by atoms with E-state index in [1.54, 1.807) is 12.1 Å². The lowest BCUT2D eigenvalue weighted by molar-refractivity contribution is 0.196. The summed E-state index contributed by atoms with van der Waals surface area (Å²) < 4.78 is 6.17. The number of hydrogen-bond donors (Lipinski definition) is 1. The fourth-order valence-electron chi connectivity index (χ4n) is 2.99. The smallest absolute Gasteiger partial charge is 0.221 e. The second kappa shape index (κ2) is 6.20. The molecule has 1 N–H and O–H groups in total. The van der Waals surface area contributed by atoms with E-state index in [2.05, 4.69) is 12.1 Å². The molecule has 4 rings (SSSR count). The second-order valence-electron chi connectivity index (χ2n) is 5.76. The van der Waals surface area contributed by atoms with Crippen molar-refractivity contribution in [3.8, 4) is 5.75 Å². The fourth-order valence-corrected chi connectivity index (χ4v) is 2.99. The lowest BCUT2D eigenvalue weighted by atomic mass is 9.97.